The topological polar surface area (TPSA) is 45.2 Å². The van der Waals surface area contributed by atoms with Gasteiger partial charge in [-0.1, -0.05) is 35.6 Å². The summed E-state index contributed by atoms with van der Waals surface area (Å²) in [5.74, 6) is -0.0972. The number of para-hydroxylation sites is 1. The Balaban J connectivity index is 1.50. The van der Waals surface area contributed by atoms with E-state index in [0.29, 0.717) is 10.7 Å². The lowest BCUT2D eigenvalue weighted by atomic mass is 10.1. The van der Waals surface area contributed by atoms with E-state index in [9.17, 15) is 4.79 Å². The molecule has 3 aromatic rings. The summed E-state index contributed by atoms with van der Waals surface area (Å²) < 4.78 is 1.10. The quantitative estimate of drug-likeness (QED) is 0.755. The Labute approximate surface area is 151 Å². The molecule has 0 spiro atoms. The van der Waals surface area contributed by atoms with Crippen molar-refractivity contribution >= 4 is 32.6 Å². The molecule has 25 heavy (non-hydrogen) atoms. The zero-order chi connectivity index (χ0) is 17.2. The van der Waals surface area contributed by atoms with Gasteiger partial charge in [-0.2, -0.15) is 0 Å². The van der Waals surface area contributed by atoms with E-state index in [0.717, 1.165) is 35.4 Å². The van der Waals surface area contributed by atoms with Gasteiger partial charge in [0, 0.05) is 12.1 Å². The monoisotopic (exact) mass is 351 g/mol. The average Bonchev–Trinajstić information content (AvgIpc) is 3.25. The minimum Gasteiger partial charge on any atom is -0.299 e. The van der Waals surface area contributed by atoms with Crippen LogP contribution in [0.3, 0.4) is 0 Å². The highest BCUT2D eigenvalue weighted by Gasteiger charge is 2.14. The molecule has 0 atom stereocenters. The second kappa shape index (κ2) is 6.94. The first kappa shape index (κ1) is 16.2. The summed E-state index contributed by atoms with van der Waals surface area (Å²) in [7, 11) is 0. The van der Waals surface area contributed by atoms with Gasteiger partial charge in [0.15, 0.2) is 5.13 Å². The summed E-state index contributed by atoms with van der Waals surface area (Å²) >= 11 is 1.51. The second-order valence-electron chi connectivity index (χ2n) is 6.58. The maximum absolute atomic E-state index is 12.6. The molecule has 0 bridgehead atoms. The Morgan fingerprint density at radius 3 is 2.80 bits per heavy atom. The lowest BCUT2D eigenvalue weighted by Crippen LogP contribution is -2.19. The molecule has 128 valence electrons. The predicted molar refractivity (Wildman–Crippen MR) is 103 cm³/mol. The number of hydrogen-bond donors (Lipinski definition) is 1. The van der Waals surface area contributed by atoms with Gasteiger partial charge < -0.3 is 0 Å². The molecule has 1 aliphatic rings. The van der Waals surface area contributed by atoms with Crippen LogP contribution in [0.15, 0.2) is 42.5 Å². The maximum Gasteiger partial charge on any atom is 0.257 e. The smallest absolute Gasteiger partial charge is 0.257 e. The standard InChI is InChI=1S/C20H21N3OS/c1-14-6-4-9-17-18(14)21-20(25-17)22-19(24)16-8-5-7-15(12-16)13-23-10-2-3-11-23/h4-9,12H,2-3,10-11,13H2,1H3,(H,21,22,24). The van der Waals surface area contributed by atoms with Gasteiger partial charge in [-0.25, -0.2) is 4.98 Å². The maximum atomic E-state index is 12.6. The van der Waals surface area contributed by atoms with E-state index in [-0.39, 0.29) is 5.91 Å². The Bertz CT molecular complexity index is 912. The van der Waals surface area contributed by atoms with E-state index in [1.165, 1.54) is 29.7 Å². The Morgan fingerprint density at radius 2 is 2.00 bits per heavy atom. The fourth-order valence-electron chi connectivity index (χ4n) is 3.32. The summed E-state index contributed by atoms with van der Waals surface area (Å²) in [6.07, 6.45) is 2.55. The third kappa shape index (κ3) is 3.57. The highest BCUT2D eigenvalue weighted by Crippen LogP contribution is 2.28. The molecule has 0 saturated carbocycles. The van der Waals surface area contributed by atoms with E-state index < -0.39 is 0 Å². The highest BCUT2D eigenvalue weighted by molar-refractivity contribution is 7.22. The van der Waals surface area contributed by atoms with Crippen molar-refractivity contribution < 1.29 is 4.79 Å². The molecule has 0 unspecified atom stereocenters. The number of thiazole rings is 1. The highest BCUT2D eigenvalue weighted by atomic mass is 32.1. The Hall–Kier alpha value is -2.24. The van der Waals surface area contributed by atoms with Crippen LogP contribution in [-0.2, 0) is 6.54 Å². The summed E-state index contributed by atoms with van der Waals surface area (Å²) in [5.41, 5.74) is 3.97. The van der Waals surface area contributed by atoms with Crippen LogP contribution in [0.2, 0.25) is 0 Å². The normalized spacial score (nSPS) is 14.9. The van der Waals surface area contributed by atoms with Crippen LogP contribution >= 0.6 is 11.3 Å². The van der Waals surface area contributed by atoms with Crippen molar-refractivity contribution in [2.75, 3.05) is 18.4 Å². The van der Waals surface area contributed by atoms with Crippen LogP contribution in [0, 0.1) is 6.92 Å². The van der Waals surface area contributed by atoms with Crippen molar-refractivity contribution in [3.63, 3.8) is 0 Å². The summed E-state index contributed by atoms with van der Waals surface area (Å²) in [6, 6.07) is 14.0. The summed E-state index contributed by atoms with van der Waals surface area (Å²) in [5, 5.41) is 3.60. The van der Waals surface area contributed by atoms with Crippen LogP contribution in [0.25, 0.3) is 10.2 Å². The van der Waals surface area contributed by atoms with Gasteiger partial charge in [0.05, 0.1) is 10.2 Å². The van der Waals surface area contributed by atoms with Gasteiger partial charge in [0.25, 0.3) is 5.91 Å². The van der Waals surface area contributed by atoms with E-state index in [1.54, 1.807) is 0 Å². The van der Waals surface area contributed by atoms with Gasteiger partial charge in [-0.3, -0.25) is 15.0 Å². The van der Waals surface area contributed by atoms with E-state index >= 15 is 0 Å². The molecule has 1 aromatic heterocycles. The van der Waals surface area contributed by atoms with Gasteiger partial charge >= 0.3 is 0 Å². The van der Waals surface area contributed by atoms with Crippen LogP contribution in [0.1, 0.15) is 34.3 Å². The van der Waals surface area contributed by atoms with Crippen molar-refractivity contribution in [1.82, 2.24) is 9.88 Å². The fraction of sp³-hybridized carbons (Fsp3) is 0.300. The van der Waals surface area contributed by atoms with Crippen LogP contribution in [-0.4, -0.2) is 28.9 Å². The number of carbonyl (C=O) groups excluding carboxylic acids is 1. The van der Waals surface area contributed by atoms with E-state index in [2.05, 4.69) is 21.3 Å². The molecule has 1 N–H and O–H groups in total. The number of likely N-dealkylation sites (tertiary alicyclic amines) is 1. The molecule has 1 aliphatic heterocycles. The first-order valence-corrected chi connectivity index (χ1v) is 9.49. The molecule has 1 fully saturated rings. The molecule has 5 heteroatoms. The molecule has 2 aromatic carbocycles. The number of aryl methyl sites for hydroxylation is 1. The molecule has 0 radical (unpaired) electrons. The summed E-state index contributed by atoms with van der Waals surface area (Å²) in [4.78, 5) is 19.6. The number of fused-ring (bicyclic) bond motifs is 1. The lowest BCUT2D eigenvalue weighted by molar-refractivity contribution is 0.102. The minimum atomic E-state index is -0.0972. The molecule has 2 heterocycles. The second-order valence-corrected chi connectivity index (χ2v) is 7.61. The fourth-order valence-corrected chi connectivity index (χ4v) is 4.26. The largest absolute Gasteiger partial charge is 0.299 e. The Kier molecular flexibility index (Phi) is 4.51. The zero-order valence-corrected chi connectivity index (χ0v) is 15.1. The van der Waals surface area contributed by atoms with Crippen LogP contribution in [0.5, 0.6) is 0 Å². The first-order valence-electron chi connectivity index (χ1n) is 8.68. The van der Waals surface area contributed by atoms with Gasteiger partial charge in [-0.15, -0.1) is 0 Å². The minimum absolute atomic E-state index is 0.0972. The van der Waals surface area contributed by atoms with Crippen molar-refractivity contribution in [1.29, 1.82) is 0 Å². The first-order chi connectivity index (χ1) is 12.2. The summed E-state index contributed by atoms with van der Waals surface area (Å²) in [6.45, 7) is 5.26. The van der Waals surface area contributed by atoms with Gasteiger partial charge in [-0.05, 0) is 62.2 Å². The molecule has 1 saturated heterocycles. The third-order valence-corrected chi connectivity index (χ3v) is 5.57. The number of nitrogens with zero attached hydrogens (tertiary/aromatic N) is 2. The average molecular weight is 351 g/mol. The number of anilines is 1. The third-order valence-electron chi connectivity index (χ3n) is 4.64. The molecule has 1 amide bonds. The lowest BCUT2D eigenvalue weighted by Gasteiger charge is -2.14. The number of hydrogen-bond acceptors (Lipinski definition) is 4. The molecular weight excluding hydrogens is 330 g/mol. The van der Waals surface area contributed by atoms with Gasteiger partial charge in [0.1, 0.15) is 0 Å². The zero-order valence-electron chi connectivity index (χ0n) is 14.3. The van der Waals surface area contributed by atoms with Crippen LogP contribution < -0.4 is 5.32 Å². The van der Waals surface area contributed by atoms with Gasteiger partial charge in [0.2, 0.25) is 0 Å². The van der Waals surface area contributed by atoms with Crippen molar-refractivity contribution in [2.24, 2.45) is 0 Å². The predicted octanol–water partition coefficient (Wildman–Crippen LogP) is 4.45. The van der Waals surface area contributed by atoms with E-state index in [1.807, 2.05) is 43.3 Å². The number of amides is 1. The number of nitrogens with one attached hydrogen (secondary N) is 1. The number of benzene rings is 2. The SMILES string of the molecule is Cc1cccc2sc(NC(=O)c3cccc(CN4CCCC4)c3)nc12. The number of carbonyl (C=O) groups is 1. The molecular formula is C20H21N3OS. The number of rotatable bonds is 4. The van der Waals surface area contributed by atoms with Crippen molar-refractivity contribution in [2.45, 2.75) is 26.3 Å². The van der Waals surface area contributed by atoms with E-state index in [4.69, 9.17) is 0 Å². The van der Waals surface area contributed by atoms with Crippen molar-refractivity contribution in [3.05, 3.63) is 59.2 Å². The van der Waals surface area contributed by atoms with Crippen LogP contribution in [0.4, 0.5) is 5.13 Å². The Morgan fingerprint density at radius 1 is 1.20 bits per heavy atom. The molecule has 4 nitrogen and oxygen atoms in total. The number of aromatic nitrogens is 1. The molecule has 4 rings (SSSR count). The molecule has 0 aliphatic carbocycles. The van der Waals surface area contributed by atoms with Crippen molar-refractivity contribution in [3.8, 4) is 0 Å².